The van der Waals surface area contributed by atoms with Gasteiger partial charge in [0.05, 0.1) is 6.54 Å². The first kappa shape index (κ1) is 15.6. The van der Waals surface area contributed by atoms with Crippen LogP contribution in [0.2, 0.25) is 0 Å². The summed E-state index contributed by atoms with van der Waals surface area (Å²) < 4.78 is 0.819. The lowest BCUT2D eigenvalue weighted by atomic mass is 10.2. The van der Waals surface area contributed by atoms with Crippen LogP contribution in [0.3, 0.4) is 0 Å². The number of carboxylic acids is 1. The summed E-state index contributed by atoms with van der Waals surface area (Å²) in [6.45, 7) is 1.77. The summed E-state index contributed by atoms with van der Waals surface area (Å²) in [5.41, 5.74) is 0. The maximum Gasteiger partial charge on any atom is 0.320 e. The molecule has 104 valence electrons. The van der Waals surface area contributed by atoms with Crippen LogP contribution in [0, 0.1) is 0 Å². The summed E-state index contributed by atoms with van der Waals surface area (Å²) in [5, 5.41) is 11.6. The first-order valence-electron chi connectivity index (χ1n) is 5.78. The number of carbonyl (C=O) groups excluding carboxylic acids is 1. The molecule has 6 nitrogen and oxygen atoms in total. The van der Waals surface area contributed by atoms with E-state index in [0.717, 1.165) is 4.47 Å². The summed E-state index contributed by atoms with van der Waals surface area (Å²) >= 11 is 3.25. The Bertz CT molecular complexity index is 450. The van der Waals surface area contributed by atoms with Crippen LogP contribution in [0.1, 0.15) is 13.3 Å². The fraction of sp³-hybridized carbons (Fsp3) is 0.417. The van der Waals surface area contributed by atoms with Crippen molar-refractivity contribution in [1.29, 1.82) is 0 Å². The predicted octanol–water partition coefficient (Wildman–Crippen LogP) is 1.58. The van der Waals surface area contributed by atoms with Gasteiger partial charge in [0.1, 0.15) is 11.9 Å². The lowest BCUT2D eigenvalue weighted by Gasteiger charge is -2.22. The van der Waals surface area contributed by atoms with E-state index in [1.54, 1.807) is 32.3 Å². The number of amides is 1. The minimum Gasteiger partial charge on any atom is -0.480 e. The van der Waals surface area contributed by atoms with E-state index in [4.69, 9.17) is 5.11 Å². The molecule has 1 rings (SSSR count). The van der Waals surface area contributed by atoms with Gasteiger partial charge >= 0.3 is 5.97 Å². The number of likely N-dealkylation sites (N-methyl/N-ethyl adjacent to an activating group) is 1. The van der Waals surface area contributed by atoms with Crippen molar-refractivity contribution in [1.82, 2.24) is 9.88 Å². The second-order valence-electron chi connectivity index (χ2n) is 4.09. The van der Waals surface area contributed by atoms with Gasteiger partial charge in [-0.05, 0) is 41.5 Å². The smallest absolute Gasteiger partial charge is 0.320 e. The van der Waals surface area contributed by atoms with Crippen molar-refractivity contribution in [2.75, 3.05) is 18.9 Å². The maximum absolute atomic E-state index is 11.8. The van der Waals surface area contributed by atoms with Crippen LogP contribution < -0.4 is 5.32 Å². The van der Waals surface area contributed by atoms with Gasteiger partial charge < -0.3 is 10.4 Å². The van der Waals surface area contributed by atoms with E-state index in [0.29, 0.717) is 12.2 Å². The SMILES string of the molecule is CCC(C(=O)O)N(C)CC(=O)Nc1ccc(Br)cn1. The maximum atomic E-state index is 11.8. The van der Waals surface area contributed by atoms with E-state index >= 15 is 0 Å². The van der Waals surface area contributed by atoms with Crippen LogP contribution in [-0.2, 0) is 9.59 Å². The van der Waals surface area contributed by atoms with Gasteiger partial charge in [0.25, 0.3) is 0 Å². The Hall–Kier alpha value is -1.47. The molecule has 0 radical (unpaired) electrons. The molecule has 0 aliphatic heterocycles. The molecule has 0 spiro atoms. The average Bonchev–Trinajstić information content (AvgIpc) is 2.32. The van der Waals surface area contributed by atoms with Crippen molar-refractivity contribution in [3.8, 4) is 0 Å². The first-order valence-corrected chi connectivity index (χ1v) is 6.57. The van der Waals surface area contributed by atoms with Gasteiger partial charge in [0.2, 0.25) is 5.91 Å². The highest BCUT2D eigenvalue weighted by molar-refractivity contribution is 9.10. The van der Waals surface area contributed by atoms with Crippen molar-refractivity contribution < 1.29 is 14.7 Å². The molecule has 1 amide bonds. The molecule has 1 aromatic rings. The largest absolute Gasteiger partial charge is 0.480 e. The molecule has 7 heteroatoms. The van der Waals surface area contributed by atoms with Gasteiger partial charge in [-0.15, -0.1) is 0 Å². The fourth-order valence-corrected chi connectivity index (χ4v) is 1.88. The van der Waals surface area contributed by atoms with Crippen LogP contribution in [0.4, 0.5) is 5.82 Å². The van der Waals surface area contributed by atoms with Gasteiger partial charge in [0, 0.05) is 10.7 Å². The molecule has 1 heterocycles. The molecule has 19 heavy (non-hydrogen) atoms. The number of aliphatic carboxylic acids is 1. The second-order valence-corrected chi connectivity index (χ2v) is 5.00. The minimum atomic E-state index is -0.931. The number of carboxylic acid groups (broad SMARTS) is 1. The molecule has 0 aliphatic carbocycles. The Labute approximate surface area is 120 Å². The number of pyridine rings is 1. The number of aromatic nitrogens is 1. The van der Waals surface area contributed by atoms with Crippen molar-refractivity contribution >= 4 is 33.6 Å². The summed E-state index contributed by atoms with van der Waals surface area (Å²) in [6.07, 6.45) is 2.01. The first-order chi connectivity index (χ1) is 8.93. The lowest BCUT2D eigenvalue weighted by Crippen LogP contribution is -2.42. The van der Waals surface area contributed by atoms with Crippen molar-refractivity contribution in [2.24, 2.45) is 0 Å². The molecule has 0 saturated heterocycles. The normalized spacial score (nSPS) is 12.2. The molecule has 0 aliphatic rings. The molecule has 0 fully saturated rings. The molecule has 0 aromatic carbocycles. The molecule has 0 saturated carbocycles. The topological polar surface area (TPSA) is 82.5 Å². The Morgan fingerprint density at radius 3 is 2.68 bits per heavy atom. The number of halogens is 1. The highest BCUT2D eigenvalue weighted by Gasteiger charge is 2.22. The van der Waals surface area contributed by atoms with Crippen LogP contribution in [0.5, 0.6) is 0 Å². The monoisotopic (exact) mass is 329 g/mol. The van der Waals surface area contributed by atoms with Crippen molar-refractivity contribution in [3.63, 3.8) is 0 Å². The molecule has 0 bridgehead atoms. The van der Waals surface area contributed by atoms with E-state index in [9.17, 15) is 9.59 Å². The molecule has 1 unspecified atom stereocenters. The highest BCUT2D eigenvalue weighted by Crippen LogP contribution is 2.10. The summed E-state index contributed by atoms with van der Waals surface area (Å²) in [5.74, 6) is -0.790. The highest BCUT2D eigenvalue weighted by atomic mass is 79.9. The molecule has 2 N–H and O–H groups in total. The zero-order valence-corrected chi connectivity index (χ0v) is 12.3. The average molecular weight is 330 g/mol. The predicted molar refractivity (Wildman–Crippen MR) is 74.9 cm³/mol. The number of hydrogen-bond acceptors (Lipinski definition) is 4. The molecule has 1 aromatic heterocycles. The number of nitrogens with zero attached hydrogens (tertiary/aromatic N) is 2. The summed E-state index contributed by atoms with van der Waals surface area (Å²) in [6, 6.07) is 2.76. The minimum absolute atomic E-state index is 0.00253. The quantitative estimate of drug-likeness (QED) is 0.827. The summed E-state index contributed by atoms with van der Waals surface area (Å²) in [7, 11) is 1.61. The third-order valence-electron chi connectivity index (χ3n) is 2.59. The second kappa shape index (κ2) is 7.20. The number of anilines is 1. The van der Waals surface area contributed by atoms with Crippen LogP contribution >= 0.6 is 15.9 Å². The van der Waals surface area contributed by atoms with Crippen molar-refractivity contribution in [2.45, 2.75) is 19.4 Å². The van der Waals surface area contributed by atoms with Gasteiger partial charge in [0.15, 0.2) is 0 Å². The van der Waals surface area contributed by atoms with Crippen molar-refractivity contribution in [3.05, 3.63) is 22.8 Å². The number of rotatable bonds is 6. The fourth-order valence-electron chi connectivity index (χ4n) is 1.64. The van der Waals surface area contributed by atoms with E-state index in [-0.39, 0.29) is 12.5 Å². The Morgan fingerprint density at radius 2 is 2.21 bits per heavy atom. The zero-order valence-electron chi connectivity index (χ0n) is 10.8. The molecular weight excluding hydrogens is 314 g/mol. The Morgan fingerprint density at radius 1 is 1.53 bits per heavy atom. The number of hydrogen-bond donors (Lipinski definition) is 2. The van der Waals surface area contributed by atoms with Gasteiger partial charge in [-0.2, -0.15) is 0 Å². The Balaban J connectivity index is 2.55. The van der Waals surface area contributed by atoms with E-state index in [2.05, 4.69) is 26.2 Å². The number of nitrogens with one attached hydrogen (secondary N) is 1. The third kappa shape index (κ3) is 4.96. The third-order valence-corrected chi connectivity index (χ3v) is 3.06. The van der Waals surface area contributed by atoms with Gasteiger partial charge in [-0.25, -0.2) is 4.98 Å². The molecular formula is C12H16BrN3O3. The summed E-state index contributed by atoms with van der Waals surface area (Å²) in [4.78, 5) is 28.2. The van der Waals surface area contributed by atoms with Crippen LogP contribution in [-0.4, -0.2) is 46.5 Å². The van der Waals surface area contributed by atoms with E-state index < -0.39 is 12.0 Å². The van der Waals surface area contributed by atoms with Gasteiger partial charge in [-0.1, -0.05) is 6.92 Å². The standard InChI is InChI=1S/C12H16BrN3O3/c1-3-9(12(18)19)16(2)7-11(17)15-10-5-4-8(13)6-14-10/h4-6,9H,3,7H2,1-2H3,(H,18,19)(H,14,15,17). The van der Waals surface area contributed by atoms with E-state index in [1.165, 1.54) is 4.90 Å². The van der Waals surface area contributed by atoms with Crippen LogP contribution in [0.15, 0.2) is 22.8 Å². The number of carbonyl (C=O) groups is 2. The molecule has 1 atom stereocenters. The van der Waals surface area contributed by atoms with Gasteiger partial charge in [-0.3, -0.25) is 14.5 Å². The van der Waals surface area contributed by atoms with E-state index in [1.807, 2.05) is 0 Å². The Kier molecular flexibility index (Phi) is 5.91. The lowest BCUT2D eigenvalue weighted by molar-refractivity contribution is -0.143. The zero-order chi connectivity index (χ0) is 14.4. The van der Waals surface area contributed by atoms with Crippen LogP contribution in [0.25, 0.3) is 0 Å².